The standard InChI is InChI=1S/C21H21N3O3/c1-27-16-11-9-15(10-12-16)24-20(25)18-8-4-3-7-17(18)19(22-24)21(26)23-13-5-2-6-14-23/h3-4,7-12H,2,5-6,13-14H2,1H3. The molecule has 2 heterocycles. The summed E-state index contributed by atoms with van der Waals surface area (Å²) in [7, 11) is 1.59. The normalized spacial score (nSPS) is 14.3. The first-order valence-electron chi connectivity index (χ1n) is 9.15. The molecule has 138 valence electrons. The highest BCUT2D eigenvalue weighted by Crippen LogP contribution is 2.20. The van der Waals surface area contributed by atoms with E-state index in [-0.39, 0.29) is 11.5 Å². The fourth-order valence-electron chi connectivity index (χ4n) is 3.49. The summed E-state index contributed by atoms with van der Waals surface area (Å²) in [5, 5.41) is 5.56. The molecule has 0 unspecified atom stereocenters. The number of ether oxygens (including phenoxy) is 1. The first kappa shape index (κ1) is 17.3. The van der Waals surface area contributed by atoms with Gasteiger partial charge in [-0.05, 0) is 49.6 Å². The summed E-state index contributed by atoms with van der Waals surface area (Å²) in [6.45, 7) is 1.47. The Bertz CT molecular complexity index is 1030. The van der Waals surface area contributed by atoms with Gasteiger partial charge in [-0.15, -0.1) is 0 Å². The molecule has 0 N–H and O–H groups in total. The highest BCUT2D eigenvalue weighted by molar-refractivity contribution is 6.04. The van der Waals surface area contributed by atoms with Gasteiger partial charge < -0.3 is 9.64 Å². The molecule has 1 fully saturated rings. The predicted molar refractivity (Wildman–Crippen MR) is 104 cm³/mol. The number of nitrogens with zero attached hydrogens (tertiary/aromatic N) is 3. The number of fused-ring (bicyclic) bond motifs is 1. The summed E-state index contributed by atoms with van der Waals surface area (Å²) >= 11 is 0. The third kappa shape index (κ3) is 3.18. The Balaban J connectivity index is 1.88. The molecule has 6 heteroatoms. The number of methoxy groups -OCH3 is 1. The third-order valence-corrected chi connectivity index (χ3v) is 4.97. The van der Waals surface area contributed by atoms with Gasteiger partial charge in [-0.3, -0.25) is 9.59 Å². The molecule has 0 spiro atoms. The van der Waals surface area contributed by atoms with Crippen molar-refractivity contribution in [2.45, 2.75) is 19.3 Å². The van der Waals surface area contributed by atoms with E-state index in [1.165, 1.54) is 4.68 Å². The maximum absolute atomic E-state index is 13.1. The average Bonchev–Trinajstić information content (AvgIpc) is 2.74. The predicted octanol–water partition coefficient (Wildman–Crippen LogP) is 3.02. The van der Waals surface area contributed by atoms with Crippen LogP contribution >= 0.6 is 0 Å². The van der Waals surface area contributed by atoms with Gasteiger partial charge in [-0.1, -0.05) is 18.2 Å². The number of amides is 1. The number of aromatic nitrogens is 2. The highest BCUT2D eigenvalue weighted by atomic mass is 16.5. The van der Waals surface area contributed by atoms with Crippen LogP contribution in [0.15, 0.2) is 53.3 Å². The largest absolute Gasteiger partial charge is 0.497 e. The Labute approximate surface area is 157 Å². The average molecular weight is 363 g/mol. The summed E-state index contributed by atoms with van der Waals surface area (Å²) in [4.78, 5) is 28.0. The number of hydrogen-bond acceptors (Lipinski definition) is 4. The van der Waals surface area contributed by atoms with Gasteiger partial charge in [0.25, 0.3) is 11.5 Å². The Morgan fingerprint density at radius 2 is 1.63 bits per heavy atom. The van der Waals surface area contributed by atoms with Crippen molar-refractivity contribution in [2.75, 3.05) is 20.2 Å². The molecule has 1 amide bonds. The number of piperidine rings is 1. The smallest absolute Gasteiger partial charge is 0.279 e. The Morgan fingerprint density at radius 1 is 0.963 bits per heavy atom. The number of benzene rings is 2. The number of carbonyl (C=O) groups excluding carboxylic acids is 1. The van der Waals surface area contributed by atoms with Crippen molar-refractivity contribution in [3.05, 3.63) is 64.6 Å². The van der Waals surface area contributed by atoms with E-state index in [1.807, 2.05) is 11.0 Å². The second-order valence-corrected chi connectivity index (χ2v) is 6.66. The zero-order valence-electron chi connectivity index (χ0n) is 15.2. The van der Waals surface area contributed by atoms with Gasteiger partial charge >= 0.3 is 0 Å². The Kier molecular flexibility index (Phi) is 4.62. The van der Waals surface area contributed by atoms with E-state index in [0.29, 0.717) is 27.9 Å². The van der Waals surface area contributed by atoms with E-state index >= 15 is 0 Å². The SMILES string of the molecule is COc1ccc(-n2nc(C(=O)N3CCCCC3)c3ccccc3c2=O)cc1. The fraction of sp³-hybridized carbons (Fsp3) is 0.286. The van der Waals surface area contributed by atoms with Crippen LogP contribution in [0.3, 0.4) is 0 Å². The van der Waals surface area contributed by atoms with E-state index < -0.39 is 0 Å². The third-order valence-electron chi connectivity index (χ3n) is 4.97. The summed E-state index contributed by atoms with van der Waals surface area (Å²) in [5.74, 6) is 0.574. The van der Waals surface area contributed by atoms with Crippen LogP contribution in [-0.2, 0) is 0 Å². The van der Waals surface area contributed by atoms with E-state index in [2.05, 4.69) is 5.10 Å². The minimum atomic E-state index is -0.244. The minimum absolute atomic E-state index is 0.117. The Hall–Kier alpha value is -3.15. The molecule has 27 heavy (non-hydrogen) atoms. The van der Waals surface area contributed by atoms with Crippen molar-refractivity contribution in [3.63, 3.8) is 0 Å². The molecule has 1 saturated heterocycles. The quantitative estimate of drug-likeness (QED) is 0.718. The van der Waals surface area contributed by atoms with E-state index in [9.17, 15) is 9.59 Å². The lowest BCUT2D eigenvalue weighted by atomic mass is 10.1. The molecular weight excluding hydrogens is 342 g/mol. The zero-order chi connectivity index (χ0) is 18.8. The molecule has 0 aliphatic carbocycles. The molecule has 0 radical (unpaired) electrons. The van der Waals surface area contributed by atoms with Crippen LogP contribution in [0.25, 0.3) is 16.5 Å². The lowest BCUT2D eigenvalue weighted by Crippen LogP contribution is -2.37. The first-order valence-corrected chi connectivity index (χ1v) is 9.15. The van der Waals surface area contributed by atoms with Crippen LogP contribution in [0.5, 0.6) is 5.75 Å². The second-order valence-electron chi connectivity index (χ2n) is 6.66. The van der Waals surface area contributed by atoms with Crippen molar-refractivity contribution in [1.29, 1.82) is 0 Å². The van der Waals surface area contributed by atoms with Crippen molar-refractivity contribution >= 4 is 16.7 Å². The van der Waals surface area contributed by atoms with Crippen LogP contribution in [0.1, 0.15) is 29.8 Å². The van der Waals surface area contributed by atoms with Crippen LogP contribution < -0.4 is 10.3 Å². The molecule has 1 aliphatic heterocycles. The van der Waals surface area contributed by atoms with Crippen molar-refractivity contribution < 1.29 is 9.53 Å². The van der Waals surface area contributed by atoms with E-state index in [0.717, 1.165) is 32.4 Å². The van der Waals surface area contributed by atoms with Gasteiger partial charge in [0.15, 0.2) is 5.69 Å². The highest BCUT2D eigenvalue weighted by Gasteiger charge is 2.23. The molecule has 1 aliphatic rings. The minimum Gasteiger partial charge on any atom is -0.497 e. The lowest BCUT2D eigenvalue weighted by molar-refractivity contribution is 0.0718. The molecule has 1 aromatic heterocycles. The summed E-state index contributed by atoms with van der Waals surface area (Å²) < 4.78 is 6.48. The first-order chi connectivity index (χ1) is 13.2. The molecule has 0 atom stereocenters. The van der Waals surface area contributed by atoms with Gasteiger partial charge in [0.1, 0.15) is 5.75 Å². The summed E-state index contributed by atoms with van der Waals surface area (Å²) in [6, 6.07) is 14.2. The van der Waals surface area contributed by atoms with Gasteiger partial charge in [0, 0.05) is 18.5 Å². The number of likely N-dealkylation sites (tertiary alicyclic amines) is 1. The van der Waals surface area contributed by atoms with E-state index in [1.54, 1.807) is 49.6 Å². The maximum Gasteiger partial charge on any atom is 0.279 e. The molecule has 0 bridgehead atoms. The second kappa shape index (κ2) is 7.23. The van der Waals surface area contributed by atoms with Gasteiger partial charge in [0.2, 0.25) is 0 Å². The van der Waals surface area contributed by atoms with Crippen molar-refractivity contribution in [3.8, 4) is 11.4 Å². The summed E-state index contributed by atoms with van der Waals surface area (Å²) in [6.07, 6.45) is 3.15. The Morgan fingerprint density at radius 3 is 2.30 bits per heavy atom. The fourth-order valence-corrected chi connectivity index (χ4v) is 3.49. The molecular formula is C21H21N3O3. The van der Waals surface area contributed by atoms with E-state index in [4.69, 9.17) is 4.74 Å². The maximum atomic E-state index is 13.1. The van der Waals surface area contributed by atoms with Crippen molar-refractivity contribution in [2.24, 2.45) is 0 Å². The van der Waals surface area contributed by atoms with Crippen LogP contribution in [0.4, 0.5) is 0 Å². The molecule has 2 aromatic carbocycles. The number of rotatable bonds is 3. The topological polar surface area (TPSA) is 64.4 Å². The van der Waals surface area contributed by atoms with Gasteiger partial charge in [-0.2, -0.15) is 9.78 Å². The monoisotopic (exact) mass is 363 g/mol. The van der Waals surface area contributed by atoms with Crippen LogP contribution in [0, 0.1) is 0 Å². The lowest BCUT2D eigenvalue weighted by Gasteiger charge is -2.26. The number of carbonyl (C=O) groups is 1. The zero-order valence-corrected chi connectivity index (χ0v) is 15.2. The van der Waals surface area contributed by atoms with Gasteiger partial charge in [0.05, 0.1) is 18.2 Å². The molecule has 0 saturated carbocycles. The van der Waals surface area contributed by atoms with Crippen LogP contribution in [0.2, 0.25) is 0 Å². The van der Waals surface area contributed by atoms with Crippen molar-refractivity contribution in [1.82, 2.24) is 14.7 Å². The summed E-state index contributed by atoms with van der Waals surface area (Å²) in [5.41, 5.74) is 0.674. The number of hydrogen-bond donors (Lipinski definition) is 0. The molecule has 3 aromatic rings. The molecule has 4 rings (SSSR count). The van der Waals surface area contributed by atoms with Gasteiger partial charge in [-0.25, -0.2) is 0 Å². The van der Waals surface area contributed by atoms with Crippen LogP contribution in [-0.4, -0.2) is 40.8 Å². The molecule has 6 nitrogen and oxygen atoms in total.